The van der Waals surface area contributed by atoms with Gasteiger partial charge in [0.25, 0.3) is 5.69 Å². The molecule has 0 saturated heterocycles. The maximum absolute atomic E-state index is 13.9. The molecule has 2 aromatic carbocycles. The van der Waals surface area contributed by atoms with Crippen molar-refractivity contribution >= 4 is 11.7 Å². The van der Waals surface area contributed by atoms with Gasteiger partial charge in [0.1, 0.15) is 5.82 Å². The number of methoxy groups -OCH3 is 1. The lowest BCUT2D eigenvalue weighted by atomic mass is 9.99. The third-order valence-corrected chi connectivity index (χ3v) is 3.03. The highest BCUT2D eigenvalue weighted by molar-refractivity contribution is 5.92. The number of ether oxygens (including phenoxy) is 1. The van der Waals surface area contributed by atoms with Crippen LogP contribution in [0.5, 0.6) is 0 Å². The average molecular weight is 289 g/mol. The van der Waals surface area contributed by atoms with Crippen molar-refractivity contribution in [1.29, 1.82) is 0 Å². The maximum Gasteiger partial charge on any atom is 0.338 e. The molecule has 0 aromatic heterocycles. The Morgan fingerprint density at radius 2 is 1.90 bits per heavy atom. The Morgan fingerprint density at radius 1 is 1.19 bits per heavy atom. The highest BCUT2D eigenvalue weighted by atomic mass is 19.1. The van der Waals surface area contributed by atoms with Gasteiger partial charge in [-0.1, -0.05) is 11.6 Å². The lowest BCUT2D eigenvalue weighted by molar-refractivity contribution is -0.384. The van der Waals surface area contributed by atoms with Gasteiger partial charge in [0.05, 0.1) is 23.2 Å². The first kappa shape index (κ1) is 14.6. The monoisotopic (exact) mass is 289 g/mol. The van der Waals surface area contributed by atoms with Crippen LogP contribution in [0.2, 0.25) is 0 Å². The Hall–Kier alpha value is -2.76. The molecule has 0 amide bonds. The van der Waals surface area contributed by atoms with Gasteiger partial charge in [0, 0.05) is 11.6 Å². The summed E-state index contributed by atoms with van der Waals surface area (Å²) in [6, 6.07) is 8.16. The summed E-state index contributed by atoms with van der Waals surface area (Å²) in [5.41, 5.74) is 0.716. The fourth-order valence-corrected chi connectivity index (χ4v) is 2.00. The van der Waals surface area contributed by atoms with Crippen molar-refractivity contribution in [1.82, 2.24) is 0 Å². The van der Waals surface area contributed by atoms with Crippen LogP contribution < -0.4 is 0 Å². The van der Waals surface area contributed by atoms with Gasteiger partial charge in [-0.3, -0.25) is 10.1 Å². The van der Waals surface area contributed by atoms with E-state index in [9.17, 15) is 19.3 Å². The van der Waals surface area contributed by atoms with Crippen LogP contribution in [0, 0.1) is 22.9 Å². The first-order valence-corrected chi connectivity index (χ1v) is 6.07. The van der Waals surface area contributed by atoms with Crippen LogP contribution in [0.4, 0.5) is 10.1 Å². The standard InChI is InChI=1S/C15H12FNO4/c1-9-3-6-13(16)12(7-9)11-5-4-10(15(18)21-2)8-14(11)17(19)20/h3-8H,1-2H3. The Bertz CT molecular complexity index is 728. The Kier molecular flexibility index (Phi) is 3.98. The molecule has 0 radical (unpaired) electrons. The number of nitro benzene ring substituents is 1. The van der Waals surface area contributed by atoms with Gasteiger partial charge in [-0.25, -0.2) is 9.18 Å². The van der Waals surface area contributed by atoms with Crippen LogP contribution in [-0.2, 0) is 4.74 Å². The topological polar surface area (TPSA) is 69.4 Å². The summed E-state index contributed by atoms with van der Waals surface area (Å²) in [7, 11) is 1.18. The number of carbonyl (C=O) groups excluding carboxylic acids is 1. The molecule has 0 fully saturated rings. The van der Waals surface area contributed by atoms with E-state index in [2.05, 4.69) is 4.74 Å². The van der Waals surface area contributed by atoms with E-state index in [1.54, 1.807) is 13.0 Å². The van der Waals surface area contributed by atoms with Crippen molar-refractivity contribution in [2.24, 2.45) is 0 Å². The normalized spacial score (nSPS) is 10.2. The summed E-state index contributed by atoms with van der Waals surface area (Å²) < 4.78 is 18.4. The number of hydrogen-bond acceptors (Lipinski definition) is 4. The Morgan fingerprint density at radius 3 is 2.52 bits per heavy atom. The summed E-state index contributed by atoms with van der Waals surface area (Å²) in [4.78, 5) is 22.0. The van der Waals surface area contributed by atoms with Gasteiger partial charge in [-0.05, 0) is 31.2 Å². The first-order valence-electron chi connectivity index (χ1n) is 6.07. The van der Waals surface area contributed by atoms with E-state index < -0.39 is 16.7 Å². The smallest absolute Gasteiger partial charge is 0.338 e. The molecule has 6 heteroatoms. The zero-order valence-electron chi connectivity index (χ0n) is 11.4. The van der Waals surface area contributed by atoms with Crippen molar-refractivity contribution in [3.63, 3.8) is 0 Å². The highest BCUT2D eigenvalue weighted by Crippen LogP contribution is 2.33. The number of hydrogen-bond donors (Lipinski definition) is 0. The van der Waals surface area contributed by atoms with Gasteiger partial charge < -0.3 is 4.74 Å². The number of benzene rings is 2. The van der Waals surface area contributed by atoms with Gasteiger partial charge in [-0.2, -0.15) is 0 Å². The van der Waals surface area contributed by atoms with E-state index in [4.69, 9.17) is 0 Å². The van der Waals surface area contributed by atoms with Crippen LogP contribution in [-0.4, -0.2) is 18.0 Å². The number of aryl methyl sites for hydroxylation is 1. The third kappa shape index (κ3) is 2.89. The molecule has 0 bridgehead atoms. The average Bonchev–Trinajstić information content (AvgIpc) is 2.48. The number of esters is 1. The summed E-state index contributed by atoms with van der Waals surface area (Å²) in [6.45, 7) is 1.76. The molecule has 0 unspecified atom stereocenters. The fourth-order valence-electron chi connectivity index (χ4n) is 2.00. The molecule has 0 aliphatic carbocycles. The summed E-state index contributed by atoms with van der Waals surface area (Å²) in [5, 5.41) is 11.2. The van der Waals surface area contributed by atoms with E-state index in [1.165, 1.54) is 31.4 Å². The molecule has 2 rings (SSSR count). The van der Waals surface area contributed by atoms with Crippen LogP contribution in [0.15, 0.2) is 36.4 Å². The van der Waals surface area contributed by atoms with Crippen molar-refractivity contribution in [3.05, 3.63) is 63.5 Å². The predicted molar refractivity (Wildman–Crippen MR) is 74.6 cm³/mol. The Labute approximate surface area is 120 Å². The van der Waals surface area contributed by atoms with Gasteiger partial charge in [-0.15, -0.1) is 0 Å². The van der Waals surface area contributed by atoms with Gasteiger partial charge in [0.15, 0.2) is 0 Å². The van der Waals surface area contributed by atoms with E-state index in [0.29, 0.717) is 0 Å². The third-order valence-electron chi connectivity index (χ3n) is 3.03. The summed E-state index contributed by atoms with van der Waals surface area (Å²) in [6.07, 6.45) is 0. The molecule has 0 aliphatic heterocycles. The van der Waals surface area contributed by atoms with Crippen molar-refractivity contribution in [2.45, 2.75) is 6.92 Å². The lowest BCUT2D eigenvalue weighted by Crippen LogP contribution is -2.03. The van der Waals surface area contributed by atoms with Crippen LogP contribution in [0.3, 0.4) is 0 Å². The minimum Gasteiger partial charge on any atom is -0.465 e. The van der Waals surface area contributed by atoms with Crippen molar-refractivity contribution in [2.75, 3.05) is 7.11 Å². The van der Waals surface area contributed by atoms with E-state index in [-0.39, 0.29) is 22.4 Å². The maximum atomic E-state index is 13.9. The zero-order valence-corrected chi connectivity index (χ0v) is 11.4. The molecule has 108 valence electrons. The minimum atomic E-state index is -0.686. The van der Waals surface area contributed by atoms with E-state index in [1.807, 2.05) is 0 Å². The first-order chi connectivity index (χ1) is 9.93. The molecule has 0 N–H and O–H groups in total. The number of nitrogens with zero attached hydrogens (tertiary/aromatic N) is 1. The number of rotatable bonds is 3. The molecule has 21 heavy (non-hydrogen) atoms. The van der Waals surface area contributed by atoms with E-state index in [0.717, 1.165) is 11.6 Å². The molecule has 0 saturated carbocycles. The van der Waals surface area contributed by atoms with Gasteiger partial charge >= 0.3 is 5.97 Å². The largest absolute Gasteiger partial charge is 0.465 e. The highest BCUT2D eigenvalue weighted by Gasteiger charge is 2.21. The summed E-state index contributed by atoms with van der Waals surface area (Å²) >= 11 is 0. The molecule has 0 heterocycles. The number of carbonyl (C=O) groups is 1. The number of halogens is 1. The second-order valence-corrected chi connectivity index (χ2v) is 4.46. The molecule has 0 atom stereocenters. The molecular formula is C15H12FNO4. The minimum absolute atomic E-state index is 0.0426. The van der Waals surface area contributed by atoms with Gasteiger partial charge in [0.2, 0.25) is 0 Å². The Balaban J connectivity index is 2.66. The predicted octanol–water partition coefficient (Wildman–Crippen LogP) is 3.50. The molecule has 0 spiro atoms. The number of nitro groups is 1. The molecule has 0 aliphatic rings. The van der Waals surface area contributed by atoms with Crippen LogP contribution >= 0.6 is 0 Å². The molecular weight excluding hydrogens is 277 g/mol. The lowest BCUT2D eigenvalue weighted by Gasteiger charge is -2.07. The fraction of sp³-hybridized carbons (Fsp3) is 0.133. The van der Waals surface area contributed by atoms with Crippen molar-refractivity contribution < 1.29 is 18.8 Å². The van der Waals surface area contributed by atoms with E-state index >= 15 is 0 Å². The summed E-state index contributed by atoms with van der Waals surface area (Å²) in [5.74, 6) is -1.25. The molecule has 5 nitrogen and oxygen atoms in total. The molecule has 2 aromatic rings. The SMILES string of the molecule is COC(=O)c1ccc(-c2cc(C)ccc2F)c([N+](=O)[O-])c1. The second-order valence-electron chi connectivity index (χ2n) is 4.46. The van der Waals surface area contributed by atoms with Crippen LogP contribution in [0.25, 0.3) is 11.1 Å². The quantitative estimate of drug-likeness (QED) is 0.492. The second kappa shape index (κ2) is 5.70. The van der Waals surface area contributed by atoms with Crippen molar-refractivity contribution in [3.8, 4) is 11.1 Å². The zero-order chi connectivity index (χ0) is 15.6. The van der Waals surface area contributed by atoms with Crippen LogP contribution in [0.1, 0.15) is 15.9 Å².